The fraction of sp³-hybridized carbons (Fsp3) is 0.375. The van der Waals surface area contributed by atoms with Crippen molar-refractivity contribution in [2.45, 2.75) is 52.6 Å². The minimum absolute atomic E-state index is 0.177. The Morgan fingerprint density at radius 3 is 2.03 bits per heavy atom. The molecular formula is C24H31N3O3. The molecule has 2 rings (SSSR count). The molecule has 2 aromatic carbocycles. The number of benzene rings is 2. The van der Waals surface area contributed by atoms with Crippen molar-refractivity contribution in [1.82, 2.24) is 10.6 Å². The Hall–Kier alpha value is -3.15. The van der Waals surface area contributed by atoms with Gasteiger partial charge in [-0.3, -0.25) is 14.4 Å². The van der Waals surface area contributed by atoms with Gasteiger partial charge >= 0.3 is 0 Å². The van der Waals surface area contributed by atoms with Crippen molar-refractivity contribution in [2.75, 3.05) is 5.32 Å². The molecule has 0 fully saturated rings. The maximum Gasteiger partial charge on any atom is 0.251 e. The van der Waals surface area contributed by atoms with Crippen LogP contribution in [-0.4, -0.2) is 23.3 Å². The summed E-state index contributed by atoms with van der Waals surface area (Å²) in [6.07, 6.45) is 0.341. The molecule has 1 atom stereocenters. The fourth-order valence-electron chi connectivity index (χ4n) is 2.87. The molecule has 0 radical (unpaired) electrons. The lowest BCUT2D eigenvalue weighted by atomic mass is 10.0. The third-order valence-electron chi connectivity index (χ3n) is 4.20. The summed E-state index contributed by atoms with van der Waals surface area (Å²) >= 11 is 0. The number of nitrogens with one attached hydrogen (secondary N) is 3. The van der Waals surface area contributed by atoms with Crippen LogP contribution in [0.5, 0.6) is 0 Å². The molecule has 0 aliphatic heterocycles. The average Bonchev–Trinajstić information content (AvgIpc) is 2.65. The van der Waals surface area contributed by atoms with E-state index in [1.165, 1.54) is 0 Å². The predicted octanol–water partition coefficient (Wildman–Crippen LogP) is 4.06. The standard InChI is InChI=1S/C24H31N3O3/c1-16(2)15-20(28)26-21(17-9-7-6-8-10-17)23(30)25-19-13-11-18(12-14-19)22(29)27-24(3,4)5/h6-14,16,21H,15H2,1-5H3,(H,25,30)(H,26,28)(H,27,29). The molecule has 160 valence electrons. The molecule has 0 bridgehead atoms. The third-order valence-corrected chi connectivity index (χ3v) is 4.20. The number of hydrogen-bond donors (Lipinski definition) is 3. The van der Waals surface area contributed by atoms with E-state index in [0.717, 1.165) is 0 Å². The molecule has 0 saturated carbocycles. The van der Waals surface area contributed by atoms with E-state index in [4.69, 9.17) is 0 Å². The average molecular weight is 410 g/mol. The van der Waals surface area contributed by atoms with Gasteiger partial charge in [-0.25, -0.2) is 0 Å². The highest BCUT2D eigenvalue weighted by molar-refractivity contribution is 5.99. The van der Waals surface area contributed by atoms with Crippen molar-refractivity contribution in [2.24, 2.45) is 5.92 Å². The van der Waals surface area contributed by atoms with E-state index >= 15 is 0 Å². The van der Waals surface area contributed by atoms with Gasteiger partial charge < -0.3 is 16.0 Å². The van der Waals surface area contributed by atoms with Crippen LogP contribution in [0.15, 0.2) is 54.6 Å². The summed E-state index contributed by atoms with van der Waals surface area (Å²) in [5.41, 5.74) is 1.42. The SMILES string of the molecule is CC(C)CC(=O)NC(C(=O)Nc1ccc(C(=O)NC(C)(C)C)cc1)c1ccccc1. The molecule has 0 spiro atoms. The Bertz CT molecular complexity index is 869. The van der Waals surface area contributed by atoms with Crippen LogP contribution < -0.4 is 16.0 Å². The molecule has 30 heavy (non-hydrogen) atoms. The largest absolute Gasteiger partial charge is 0.347 e. The zero-order chi connectivity index (χ0) is 22.3. The molecule has 3 amide bonds. The highest BCUT2D eigenvalue weighted by Gasteiger charge is 2.23. The summed E-state index contributed by atoms with van der Waals surface area (Å²) < 4.78 is 0. The van der Waals surface area contributed by atoms with Gasteiger partial charge in [0.25, 0.3) is 11.8 Å². The monoisotopic (exact) mass is 409 g/mol. The third kappa shape index (κ3) is 7.35. The van der Waals surface area contributed by atoms with Crippen LogP contribution in [0, 0.1) is 5.92 Å². The zero-order valence-electron chi connectivity index (χ0n) is 18.3. The van der Waals surface area contributed by atoms with Gasteiger partial charge in [0, 0.05) is 23.2 Å². The van der Waals surface area contributed by atoms with Crippen molar-refractivity contribution in [1.29, 1.82) is 0 Å². The van der Waals surface area contributed by atoms with Gasteiger partial charge in [-0.15, -0.1) is 0 Å². The van der Waals surface area contributed by atoms with Crippen molar-refractivity contribution < 1.29 is 14.4 Å². The molecule has 0 saturated heterocycles. The maximum atomic E-state index is 12.9. The Balaban J connectivity index is 2.13. The molecule has 1 unspecified atom stereocenters. The first kappa shape index (κ1) is 23.1. The molecule has 3 N–H and O–H groups in total. The minimum atomic E-state index is -0.804. The van der Waals surface area contributed by atoms with Crippen LogP contribution in [0.4, 0.5) is 5.69 Å². The number of hydrogen-bond acceptors (Lipinski definition) is 3. The maximum absolute atomic E-state index is 12.9. The van der Waals surface area contributed by atoms with Crippen LogP contribution in [0.3, 0.4) is 0 Å². The lowest BCUT2D eigenvalue weighted by Crippen LogP contribution is -2.40. The van der Waals surface area contributed by atoms with Crippen LogP contribution in [-0.2, 0) is 9.59 Å². The van der Waals surface area contributed by atoms with Crippen molar-refractivity contribution in [3.8, 4) is 0 Å². The molecule has 0 heterocycles. The first-order chi connectivity index (χ1) is 14.0. The van der Waals surface area contributed by atoms with Crippen molar-refractivity contribution in [3.05, 3.63) is 65.7 Å². The van der Waals surface area contributed by atoms with Crippen molar-refractivity contribution >= 4 is 23.4 Å². The molecule has 0 aromatic heterocycles. The van der Waals surface area contributed by atoms with Crippen LogP contribution >= 0.6 is 0 Å². The Morgan fingerprint density at radius 2 is 1.50 bits per heavy atom. The molecular weight excluding hydrogens is 378 g/mol. The van der Waals surface area contributed by atoms with Gasteiger partial charge in [0.05, 0.1) is 0 Å². The van der Waals surface area contributed by atoms with Crippen molar-refractivity contribution in [3.63, 3.8) is 0 Å². The van der Waals surface area contributed by atoms with Gasteiger partial charge in [-0.05, 0) is 56.5 Å². The topological polar surface area (TPSA) is 87.3 Å². The Labute approximate surface area is 178 Å². The summed E-state index contributed by atoms with van der Waals surface area (Å²) in [5.74, 6) is -0.506. The van der Waals surface area contributed by atoms with Crippen LogP contribution in [0.2, 0.25) is 0 Å². The number of amides is 3. The van der Waals surface area contributed by atoms with E-state index in [-0.39, 0.29) is 29.2 Å². The summed E-state index contributed by atoms with van der Waals surface area (Å²) in [7, 11) is 0. The minimum Gasteiger partial charge on any atom is -0.347 e. The van der Waals surface area contributed by atoms with E-state index in [9.17, 15) is 14.4 Å². The quantitative estimate of drug-likeness (QED) is 0.644. The Morgan fingerprint density at radius 1 is 0.900 bits per heavy atom. The highest BCUT2D eigenvalue weighted by atomic mass is 16.2. The molecule has 0 aliphatic carbocycles. The van der Waals surface area contributed by atoms with Gasteiger partial charge in [-0.2, -0.15) is 0 Å². The summed E-state index contributed by atoms with van der Waals surface area (Å²) in [6.45, 7) is 9.65. The number of rotatable bonds is 7. The van der Waals surface area contributed by atoms with E-state index in [2.05, 4.69) is 16.0 Å². The zero-order valence-corrected chi connectivity index (χ0v) is 18.3. The smallest absolute Gasteiger partial charge is 0.251 e. The number of carbonyl (C=O) groups excluding carboxylic acids is 3. The second-order valence-corrected chi connectivity index (χ2v) is 8.78. The molecule has 6 heteroatoms. The summed E-state index contributed by atoms with van der Waals surface area (Å²) in [5, 5.41) is 8.55. The van der Waals surface area contributed by atoms with Gasteiger partial charge in [0.15, 0.2) is 0 Å². The molecule has 0 aliphatic rings. The summed E-state index contributed by atoms with van der Waals surface area (Å²) in [6, 6.07) is 15.0. The number of anilines is 1. The predicted molar refractivity (Wildman–Crippen MR) is 119 cm³/mol. The lowest BCUT2D eigenvalue weighted by molar-refractivity contribution is -0.127. The van der Waals surface area contributed by atoms with Gasteiger partial charge in [-0.1, -0.05) is 44.2 Å². The molecule has 6 nitrogen and oxygen atoms in total. The first-order valence-corrected chi connectivity index (χ1v) is 10.1. The second-order valence-electron chi connectivity index (χ2n) is 8.78. The highest BCUT2D eigenvalue weighted by Crippen LogP contribution is 2.18. The van der Waals surface area contributed by atoms with E-state index in [1.54, 1.807) is 36.4 Å². The van der Waals surface area contributed by atoms with E-state index < -0.39 is 6.04 Å². The van der Waals surface area contributed by atoms with Crippen LogP contribution in [0.1, 0.15) is 63.0 Å². The van der Waals surface area contributed by atoms with E-state index in [0.29, 0.717) is 23.2 Å². The number of carbonyl (C=O) groups is 3. The molecule has 2 aromatic rings. The first-order valence-electron chi connectivity index (χ1n) is 10.1. The summed E-state index contributed by atoms with van der Waals surface area (Å²) in [4.78, 5) is 37.5. The van der Waals surface area contributed by atoms with Gasteiger partial charge in [0.1, 0.15) is 6.04 Å². The Kier molecular flexibility index (Phi) is 7.75. The van der Waals surface area contributed by atoms with Gasteiger partial charge in [0.2, 0.25) is 5.91 Å². The van der Waals surface area contributed by atoms with Crippen LogP contribution in [0.25, 0.3) is 0 Å². The second kappa shape index (κ2) is 10.1. The lowest BCUT2D eigenvalue weighted by Gasteiger charge is -2.21. The fourth-order valence-corrected chi connectivity index (χ4v) is 2.87. The normalized spacial score (nSPS) is 12.2. The van der Waals surface area contributed by atoms with E-state index in [1.807, 2.05) is 52.8 Å².